The van der Waals surface area contributed by atoms with Gasteiger partial charge in [0.1, 0.15) is 5.76 Å². The first kappa shape index (κ1) is 13.1. The number of fused-ring (bicyclic) bond motifs is 1. The van der Waals surface area contributed by atoms with E-state index in [9.17, 15) is 4.79 Å². The highest BCUT2D eigenvalue weighted by Gasteiger charge is 2.21. The minimum atomic E-state index is -0.173. The molecule has 0 saturated heterocycles. The van der Waals surface area contributed by atoms with Gasteiger partial charge >= 0.3 is 0 Å². The summed E-state index contributed by atoms with van der Waals surface area (Å²) in [5, 5.41) is 3.96. The standard InChI is InChI=1S/C16H15N3O3/c1-8-7-21-9(2)13(8)16-18-14(19-22-16)11-6-10-4-3-5-12(10)17-15(11)20/h6-7H,3-5H2,1-2H3,(H,17,20). The van der Waals surface area contributed by atoms with Crippen molar-refractivity contribution in [2.24, 2.45) is 0 Å². The van der Waals surface area contributed by atoms with Gasteiger partial charge in [0.15, 0.2) is 0 Å². The Morgan fingerprint density at radius 2 is 2.14 bits per heavy atom. The van der Waals surface area contributed by atoms with Crippen LogP contribution in [0.1, 0.15) is 29.0 Å². The smallest absolute Gasteiger partial charge is 0.262 e. The van der Waals surface area contributed by atoms with Crippen LogP contribution in [-0.4, -0.2) is 15.1 Å². The van der Waals surface area contributed by atoms with Crippen LogP contribution in [0.15, 0.2) is 26.1 Å². The summed E-state index contributed by atoms with van der Waals surface area (Å²) in [7, 11) is 0. The monoisotopic (exact) mass is 297 g/mol. The third-order valence-corrected chi connectivity index (χ3v) is 4.13. The lowest BCUT2D eigenvalue weighted by Gasteiger charge is -2.00. The molecule has 6 nitrogen and oxygen atoms in total. The first-order valence-corrected chi connectivity index (χ1v) is 7.27. The number of aryl methyl sites for hydroxylation is 4. The second-order valence-corrected chi connectivity index (χ2v) is 5.64. The molecular formula is C16H15N3O3. The van der Waals surface area contributed by atoms with E-state index in [1.807, 2.05) is 19.9 Å². The average Bonchev–Trinajstić information content (AvgIpc) is 3.18. The first-order valence-electron chi connectivity index (χ1n) is 7.27. The quantitative estimate of drug-likeness (QED) is 0.786. The van der Waals surface area contributed by atoms with Crippen LogP contribution in [0, 0.1) is 13.8 Å². The maximum absolute atomic E-state index is 12.2. The molecule has 0 radical (unpaired) electrons. The van der Waals surface area contributed by atoms with E-state index in [-0.39, 0.29) is 5.56 Å². The third-order valence-electron chi connectivity index (χ3n) is 4.13. The van der Waals surface area contributed by atoms with Crippen molar-refractivity contribution >= 4 is 0 Å². The second-order valence-electron chi connectivity index (χ2n) is 5.64. The van der Waals surface area contributed by atoms with E-state index in [4.69, 9.17) is 8.94 Å². The topological polar surface area (TPSA) is 84.9 Å². The molecule has 112 valence electrons. The average molecular weight is 297 g/mol. The number of nitrogens with one attached hydrogen (secondary N) is 1. The summed E-state index contributed by atoms with van der Waals surface area (Å²) in [4.78, 5) is 19.5. The van der Waals surface area contributed by atoms with E-state index in [1.54, 1.807) is 6.26 Å². The van der Waals surface area contributed by atoms with Crippen molar-refractivity contribution in [1.82, 2.24) is 15.1 Å². The Balaban J connectivity index is 1.81. The largest absolute Gasteiger partial charge is 0.469 e. The van der Waals surface area contributed by atoms with Crippen molar-refractivity contribution in [3.8, 4) is 22.8 Å². The van der Waals surface area contributed by atoms with Crippen LogP contribution in [0.5, 0.6) is 0 Å². The van der Waals surface area contributed by atoms with Crippen LogP contribution in [0.4, 0.5) is 0 Å². The SMILES string of the molecule is Cc1coc(C)c1-c1nc(-c2cc3c([nH]c2=O)CCC3)no1. The van der Waals surface area contributed by atoms with Crippen LogP contribution in [-0.2, 0) is 12.8 Å². The van der Waals surface area contributed by atoms with Crippen molar-refractivity contribution in [3.05, 3.63) is 45.3 Å². The molecule has 0 amide bonds. The molecule has 0 fully saturated rings. The molecule has 6 heteroatoms. The molecule has 3 aromatic heterocycles. The Hall–Kier alpha value is -2.63. The number of aromatic nitrogens is 3. The van der Waals surface area contributed by atoms with Crippen molar-refractivity contribution in [2.45, 2.75) is 33.1 Å². The Kier molecular flexibility index (Phi) is 2.79. The lowest BCUT2D eigenvalue weighted by molar-refractivity contribution is 0.430. The number of hydrogen-bond donors (Lipinski definition) is 1. The number of rotatable bonds is 2. The van der Waals surface area contributed by atoms with Gasteiger partial charge in [0.25, 0.3) is 11.4 Å². The molecule has 1 aliphatic carbocycles. The Labute approximate surface area is 126 Å². The summed E-state index contributed by atoms with van der Waals surface area (Å²) in [5.41, 5.74) is 4.19. The molecule has 0 bridgehead atoms. The second kappa shape index (κ2) is 4.69. The molecule has 0 atom stereocenters. The van der Waals surface area contributed by atoms with Gasteiger partial charge in [-0.25, -0.2) is 0 Å². The Morgan fingerprint density at radius 1 is 1.27 bits per heavy atom. The minimum Gasteiger partial charge on any atom is -0.469 e. The number of furan rings is 1. The summed E-state index contributed by atoms with van der Waals surface area (Å²) >= 11 is 0. The zero-order valence-corrected chi connectivity index (χ0v) is 12.4. The van der Waals surface area contributed by atoms with Crippen LogP contribution in [0.2, 0.25) is 0 Å². The highest BCUT2D eigenvalue weighted by molar-refractivity contribution is 5.63. The summed E-state index contributed by atoms with van der Waals surface area (Å²) in [6.07, 6.45) is 4.62. The molecule has 0 saturated carbocycles. The van der Waals surface area contributed by atoms with E-state index in [0.717, 1.165) is 47.4 Å². The summed E-state index contributed by atoms with van der Waals surface area (Å²) < 4.78 is 10.7. The van der Waals surface area contributed by atoms with E-state index in [0.29, 0.717) is 17.3 Å². The van der Waals surface area contributed by atoms with Crippen molar-refractivity contribution in [2.75, 3.05) is 0 Å². The van der Waals surface area contributed by atoms with Gasteiger partial charge in [-0.2, -0.15) is 4.98 Å². The van der Waals surface area contributed by atoms with Crippen LogP contribution >= 0.6 is 0 Å². The normalized spacial score (nSPS) is 13.5. The van der Waals surface area contributed by atoms with E-state index < -0.39 is 0 Å². The summed E-state index contributed by atoms with van der Waals surface area (Å²) in [5.74, 6) is 1.40. The van der Waals surface area contributed by atoms with Crippen molar-refractivity contribution < 1.29 is 8.94 Å². The molecule has 0 aliphatic heterocycles. The molecule has 4 rings (SSSR count). The van der Waals surface area contributed by atoms with Gasteiger partial charge in [-0.15, -0.1) is 0 Å². The number of aromatic amines is 1. The highest BCUT2D eigenvalue weighted by Crippen LogP contribution is 2.29. The molecule has 3 heterocycles. The summed E-state index contributed by atoms with van der Waals surface area (Å²) in [6.45, 7) is 3.76. The van der Waals surface area contributed by atoms with Crippen LogP contribution in [0.25, 0.3) is 22.8 Å². The maximum Gasteiger partial charge on any atom is 0.262 e. The van der Waals surface area contributed by atoms with Gasteiger partial charge in [-0.1, -0.05) is 5.16 Å². The Morgan fingerprint density at radius 3 is 2.91 bits per heavy atom. The molecule has 0 aromatic carbocycles. The van der Waals surface area contributed by atoms with Gasteiger partial charge in [-0.05, 0) is 44.7 Å². The summed E-state index contributed by atoms with van der Waals surface area (Å²) in [6, 6.07) is 1.88. The molecule has 0 unspecified atom stereocenters. The fourth-order valence-electron chi connectivity index (χ4n) is 3.01. The molecule has 3 aromatic rings. The molecular weight excluding hydrogens is 282 g/mol. The fourth-order valence-corrected chi connectivity index (χ4v) is 3.01. The zero-order chi connectivity index (χ0) is 15.3. The predicted molar refractivity (Wildman–Crippen MR) is 79.6 cm³/mol. The molecule has 1 aliphatic rings. The van der Waals surface area contributed by atoms with E-state index in [2.05, 4.69) is 15.1 Å². The highest BCUT2D eigenvalue weighted by atomic mass is 16.5. The first-order chi connectivity index (χ1) is 10.6. The number of pyridine rings is 1. The van der Waals surface area contributed by atoms with E-state index >= 15 is 0 Å². The van der Waals surface area contributed by atoms with Crippen molar-refractivity contribution in [3.63, 3.8) is 0 Å². The number of nitrogens with zero attached hydrogens (tertiary/aromatic N) is 2. The molecule has 22 heavy (non-hydrogen) atoms. The minimum absolute atomic E-state index is 0.173. The van der Waals surface area contributed by atoms with E-state index in [1.165, 1.54) is 0 Å². The van der Waals surface area contributed by atoms with Gasteiger partial charge in [-0.3, -0.25) is 4.79 Å². The van der Waals surface area contributed by atoms with Gasteiger partial charge in [0, 0.05) is 11.3 Å². The number of hydrogen-bond acceptors (Lipinski definition) is 5. The lowest BCUT2D eigenvalue weighted by atomic mass is 10.1. The third kappa shape index (κ3) is 1.91. The fraction of sp³-hybridized carbons (Fsp3) is 0.312. The van der Waals surface area contributed by atoms with Gasteiger partial charge in [0.2, 0.25) is 5.82 Å². The lowest BCUT2D eigenvalue weighted by Crippen LogP contribution is -2.12. The van der Waals surface area contributed by atoms with Gasteiger partial charge in [0.05, 0.1) is 17.4 Å². The zero-order valence-electron chi connectivity index (χ0n) is 12.4. The van der Waals surface area contributed by atoms with Crippen LogP contribution in [0.3, 0.4) is 0 Å². The predicted octanol–water partition coefficient (Wildman–Crippen LogP) is 2.79. The Bertz CT molecular complexity index is 898. The maximum atomic E-state index is 12.2. The van der Waals surface area contributed by atoms with Gasteiger partial charge < -0.3 is 13.9 Å². The van der Waals surface area contributed by atoms with Crippen LogP contribution < -0.4 is 5.56 Å². The molecule has 1 N–H and O–H groups in total. The molecule has 0 spiro atoms. The number of H-pyrrole nitrogens is 1. The van der Waals surface area contributed by atoms with Crippen molar-refractivity contribution in [1.29, 1.82) is 0 Å².